The minimum atomic E-state index is -0.00913. The highest BCUT2D eigenvalue weighted by atomic mass is 16.5. The number of fused-ring (bicyclic) bond motifs is 30. The predicted molar refractivity (Wildman–Crippen MR) is 494 cm³/mol. The minimum absolute atomic E-state index is 0.00654. The fourth-order valence-electron chi connectivity index (χ4n) is 23.0. The van der Waals surface area contributed by atoms with E-state index in [1.807, 2.05) is 121 Å². The number of ether oxygens (including phenoxy) is 12. The first-order valence-corrected chi connectivity index (χ1v) is 42.5. The van der Waals surface area contributed by atoms with E-state index in [0.717, 1.165) is 249 Å². The van der Waals surface area contributed by atoms with Crippen LogP contribution in [0.25, 0.3) is 44.5 Å². The first-order chi connectivity index (χ1) is 61.4. The number of para-hydroxylation sites is 6. The fourth-order valence-corrected chi connectivity index (χ4v) is 23.0. The SMILES string of the molecule is C1=Cc2cc3c(c4c5c(cc1c24)B1c2ccccc2Oc2cccc(c21)O5)Oc1cccc2c1B3c1ccccc1O2.c1ccc2c(c1)Oc1cccc3c1B2c1cc2c4c(cc5c(c4c1O3)Oc1cccc3c1B5c1ccccc1O3)CC2.c1ccc2c(c1)Oc1cccc3c1B2c1cc2ccc4c(c2cc1O3)B1c2ccccc2Oc2cccc(c21)O4. The maximum atomic E-state index is 6.94. The summed E-state index contributed by atoms with van der Waals surface area (Å²) in [7, 11) is 0. The first-order valence-electron chi connectivity index (χ1n) is 42.5. The fraction of sp³-hybridized carbons (Fsp3) is 0.0189. The van der Waals surface area contributed by atoms with E-state index in [1.165, 1.54) is 54.9 Å². The van der Waals surface area contributed by atoms with Crippen LogP contribution in [0.2, 0.25) is 0 Å². The van der Waals surface area contributed by atoms with E-state index in [-0.39, 0.29) is 40.3 Å². The number of benzene rings is 18. The molecule has 0 spiro atoms. The number of hydrogen-bond donors (Lipinski definition) is 0. The summed E-state index contributed by atoms with van der Waals surface area (Å²) in [5.74, 6) is 20.8. The van der Waals surface area contributed by atoms with Crippen LogP contribution in [0.4, 0.5) is 0 Å². The molecule has 0 saturated heterocycles. The Kier molecular flexibility index (Phi) is 12.9. The van der Waals surface area contributed by atoms with Crippen LogP contribution in [0.5, 0.6) is 138 Å². The maximum absolute atomic E-state index is 6.94. The van der Waals surface area contributed by atoms with Crippen LogP contribution >= 0.6 is 0 Å². The Morgan fingerprint density at radius 1 is 0.169 bits per heavy atom. The summed E-state index contributed by atoms with van der Waals surface area (Å²) < 4.78 is 79.0. The zero-order chi connectivity index (χ0) is 80.2. The normalized spacial score (nSPS) is 14.7. The summed E-state index contributed by atoms with van der Waals surface area (Å²) in [6.07, 6.45) is 6.47. The molecule has 0 amide bonds. The van der Waals surface area contributed by atoms with Gasteiger partial charge in [0.15, 0.2) is 0 Å². The molecule has 0 fully saturated rings. The Balaban J connectivity index is 0.0000000914. The third-order valence-corrected chi connectivity index (χ3v) is 27.9. The standard InChI is InChI=1S/C36H20B2O4.C36H18B2O4.C34H18B2O4/c2*1-3-9-25-21(7-1)37-23-17-19-15-16-20-18-24-36(32(31(19)20)35(23)41-29-13-5-11-27(39-25)33(29)37)42-30-14-6-12-28-34(30)38(24)22-8-2-4-10-26(22)40-28;1-3-9-24-21(7-1)35-23-17-19-15-16-30-32(20(19)18-31(23)40-27-12-5-11-26(37-24)33(27)35)36-22-8-2-4-10-25(22)38-28-13-6-14-29(39-30)34(28)36/h1-14,17-18H,15-16H2;1-18H;1-18H. The number of aryl methyl sites for hydroxylation is 2. The molecule has 18 heteroatoms. The second-order valence-electron chi connectivity index (χ2n) is 34.2. The number of hydrogen-bond acceptors (Lipinski definition) is 12. The average molecular weight is 1590 g/mol. The van der Waals surface area contributed by atoms with Gasteiger partial charge in [-0.1, -0.05) is 194 Å². The summed E-state index contributed by atoms with van der Waals surface area (Å²) >= 11 is 0. The van der Waals surface area contributed by atoms with Crippen LogP contribution < -0.4 is 155 Å². The van der Waals surface area contributed by atoms with Crippen molar-refractivity contribution in [1.82, 2.24) is 0 Å². The molecule has 0 saturated carbocycles. The van der Waals surface area contributed by atoms with Crippen molar-refractivity contribution in [3.05, 3.63) is 326 Å². The van der Waals surface area contributed by atoms with Crippen LogP contribution in [0.3, 0.4) is 0 Å². The highest BCUT2D eigenvalue weighted by molar-refractivity contribution is 7.02. The van der Waals surface area contributed by atoms with E-state index in [9.17, 15) is 0 Å². The van der Waals surface area contributed by atoms with Gasteiger partial charge in [-0.2, -0.15) is 0 Å². The third kappa shape index (κ3) is 8.87. The second kappa shape index (κ2) is 24.2. The molecule has 0 bridgehead atoms. The summed E-state index contributed by atoms with van der Waals surface area (Å²) in [6, 6.07) is 105. The molecule has 0 atom stereocenters. The van der Waals surface area contributed by atoms with Gasteiger partial charge in [0, 0.05) is 38.2 Å². The van der Waals surface area contributed by atoms with Gasteiger partial charge in [0.25, 0.3) is 40.3 Å². The Labute approximate surface area is 711 Å². The summed E-state index contributed by atoms with van der Waals surface area (Å²) in [5.41, 5.74) is 25.5. The van der Waals surface area contributed by atoms with Crippen molar-refractivity contribution in [1.29, 1.82) is 0 Å². The molecule has 0 radical (unpaired) electrons. The van der Waals surface area contributed by atoms with Crippen molar-refractivity contribution >= 4 is 183 Å². The lowest BCUT2D eigenvalue weighted by Gasteiger charge is -2.36. The maximum Gasteiger partial charge on any atom is 0.261 e. The molecule has 12 aliphatic heterocycles. The summed E-state index contributed by atoms with van der Waals surface area (Å²) in [5, 5.41) is 6.85. The molecular formula is C106H56B6O12. The molecule has 0 unspecified atom stereocenters. The van der Waals surface area contributed by atoms with Crippen LogP contribution in [0.1, 0.15) is 22.3 Å². The van der Waals surface area contributed by atoms with Crippen molar-refractivity contribution in [3.8, 4) is 138 Å². The summed E-state index contributed by atoms with van der Waals surface area (Å²) in [6.45, 7) is 0.0596. The van der Waals surface area contributed by atoms with Gasteiger partial charge in [0.05, 0.1) is 10.8 Å². The van der Waals surface area contributed by atoms with Gasteiger partial charge in [-0.3, -0.25) is 0 Å². The topological polar surface area (TPSA) is 111 Å². The van der Waals surface area contributed by atoms with E-state index >= 15 is 0 Å². The lowest BCUT2D eigenvalue weighted by atomic mass is 9.33. The molecule has 0 aromatic heterocycles. The van der Waals surface area contributed by atoms with Gasteiger partial charge < -0.3 is 56.8 Å². The minimum Gasteiger partial charge on any atom is -0.458 e. The quantitative estimate of drug-likeness (QED) is 0.135. The highest BCUT2D eigenvalue weighted by Crippen LogP contribution is 2.52. The van der Waals surface area contributed by atoms with E-state index in [4.69, 9.17) is 56.8 Å². The van der Waals surface area contributed by atoms with E-state index in [1.54, 1.807) is 0 Å². The first kappa shape index (κ1) is 66.3. The highest BCUT2D eigenvalue weighted by Gasteiger charge is 2.51. The molecule has 2 aliphatic carbocycles. The largest absolute Gasteiger partial charge is 0.458 e. The van der Waals surface area contributed by atoms with E-state index in [2.05, 4.69) is 194 Å². The zero-order valence-corrected chi connectivity index (χ0v) is 65.8. The Morgan fingerprint density at radius 3 is 0.774 bits per heavy atom. The van der Waals surface area contributed by atoms with Crippen LogP contribution in [-0.2, 0) is 12.8 Å². The van der Waals surface area contributed by atoms with Gasteiger partial charge in [-0.15, -0.1) is 0 Å². The predicted octanol–water partition coefficient (Wildman–Crippen LogP) is 13.5. The molecule has 124 heavy (non-hydrogen) atoms. The molecule has 32 rings (SSSR count). The molecule has 0 N–H and O–H groups in total. The molecule has 18 aromatic carbocycles. The smallest absolute Gasteiger partial charge is 0.261 e. The van der Waals surface area contributed by atoms with E-state index in [0.29, 0.717) is 0 Å². The molecule has 12 nitrogen and oxygen atoms in total. The zero-order valence-electron chi connectivity index (χ0n) is 65.8. The molecule has 18 aromatic rings. The Hall–Kier alpha value is -15.5. The monoisotopic (exact) mass is 1590 g/mol. The molecular weight excluding hydrogens is 1530 g/mol. The van der Waals surface area contributed by atoms with Gasteiger partial charge in [-0.25, -0.2) is 0 Å². The van der Waals surface area contributed by atoms with Crippen molar-refractivity contribution < 1.29 is 56.8 Å². The molecule has 12 heterocycles. The Bertz CT molecular complexity index is 7760. The number of rotatable bonds is 0. The summed E-state index contributed by atoms with van der Waals surface area (Å²) in [4.78, 5) is 0. The van der Waals surface area contributed by atoms with Gasteiger partial charge in [0.1, 0.15) is 138 Å². The molecule has 570 valence electrons. The van der Waals surface area contributed by atoms with Crippen molar-refractivity contribution in [2.75, 3.05) is 0 Å². The lowest BCUT2D eigenvalue weighted by Crippen LogP contribution is -2.58. The van der Waals surface area contributed by atoms with Gasteiger partial charge >= 0.3 is 0 Å². The van der Waals surface area contributed by atoms with Gasteiger partial charge in [0.2, 0.25) is 0 Å². The second-order valence-corrected chi connectivity index (χ2v) is 34.2. The van der Waals surface area contributed by atoms with Crippen LogP contribution in [-0.4, -0.2) is 40.3 Å². The van der Waals surface area contributed by atoms with Crippen molar-refractivity contribution in [3.63, 3.8) is 0 Å². The Morgan fingerprint density at radius 2 is 0.427 bits per heavy atom. The lowest BCUT2D eigenvalue weighted by molar-refractivity contribution is 0.458. The van der Waals surface area contributed by atoms with E-state index < -0.39 is 0 Å². The van der Waals surface area contributed by atoms with Crippen molar-refractivity contribution in [2.45, 2.75) is 12.8 Å². The average Bonchev–Trinajstić information content (AvgIpc) is 1.23. The van der Waals surface area contributed by atoms with Crippen molar-refractivity contribution in [2.24, 2.45) is 0 Å². The van der Waals surface area contributed by atoms with Crippen LogP contribution in [0.15, 0.2) is 303 Å². The van der Waals surface area contributed by atoms with Crippen LogP contribution in [0, 0.1) is 0 Å². The molecule has 14 aliphatic rings. The third-order valence-electron chi connectivity index (χ3n) is 27.9. The van der Waals surface area contributed by atoms with Gasteiger partial charge in [-0.05, 0) is 238 Å².